The number of anilines is 1. The highest BCUT2D eigenvalue weighted by Crippen LogP contribution is 2.26. The highest BCUT2D eigenvalue weighted by molar-refractivity contribution is 6.22. The molecule has 0 aromatic heterocycles. The number of urea groups is 1. The van der Waals surface area contributed by atoms with Gasteiger partial charge in [0.1, 0.15) is 6.10 Å². The Kier molecular flexibility index (Phi) is 4.37. The van der Waals surface area contributed by atoms with Crippen LogP contribution in [0.15, 0.2) is 48.5 Å². The molecule has 1 saturated heterocycles. The number of rotatable bonds is 2. The molecule has 2 atom stereocenters. The lowest BCUT2D eigenvalue weighted by atomic mass is 10.1. The van der Waals surface area contributed by atoms with Crippen molar-refractivity contribution in [3.05, 3.63) is 65.2 Å². The van der Waals surface area contributed by atoms with Gasteiger partial charge in [-0.1, -0.05) is 30.3 Å². The van der Waals surface area contributed by atoms with Gasteiger partial charge in [-0.2, -0.15) is 0 Å². The third kappa shape index (κ3) is 3.41. The van der Waals surface area contributed by atoms with E-state index in [4.69, 9.17) is 4.74 Å². The van der Waals surface area contributed by atoms with E-state index in [-0.39, 0.29) is 23.8 Å². The summed E-state index contributed by atoms with van der Waals surface area (Å²) in [7, 11) is 0. The van der Waals surface area contributed by atoms with Gasteiger partial charge in [0.15, 0.2) is 0 Å². The standard InChI is InChI=1S/C20H19N3O4/c1-12-10-23(11-17(27-12)13-5-3-2-4-6-13)20(26)21-14-7-8-15-16(9-14)19(25)22-18(15)24/h2-9,12,17H,10-11H2,1H3,(H,21,26)(H,22,24,25)/t12-,17+/m0/s1. The topological polar surface area (TPSA) is 87.7 Å². The normalized spacial score (nSPS) is 21.6. The number of hydrogen-bond donors (Lipinski definition) is 2. The molecule has 0 spiro atoms. The fourth-order valence-electron chi connectivity index (χ4n) is 3.42. The molecule has 0 radical (unpaired) electrons. The fourth-order valence-corrected chi connectivity index (χ4v) is 3.42. The SMILES string of the molecule is C[C@H]1CN(C(=O)Nc2ccc3c(c2)C(=O)NC3=O)C[C@H](c2ccccc2)O1. The molecule has 7 nitrogen and oxygen atoms in total. The number of imide groups is 1. The number of nitrogens with one attached hydrogen (secondary N) is 2. The highest BCUT2D eigenvalue weighted by atomic mass is 16.5. The first-order chi connectivity index (χ1) is 13.0. The lowest BCUT2D eigenvalue weighted by Gasteiger charge is -2.37. The summed E-state index contributed by atoms with van der Waals surface area (Å²) in [6.07, 6.45) is -0.290. The van der Waals surface area contributed by atoms with E-state index < -0.39 is 11.8 Å². The average Bonchev–Trinajstić information content (AvgIpc) is 2.95. The van der Waals surface area contributed by atoms with Gasteiger partial charge in [0.2, 0.25) is 0 Å². The summed E-state index contributed by atoms with van der Waals surface area (Å²) >= 11 is 0. The van der Waals surface area contributed by atoms with Crippen molar-refractivity contribution in [2.45, 2.75) is 19.1 Å². The largest absolute Gasteiger partial charge is 0.367 e. The van der Waals surface area contributed by atoms with Crippen molar-refractivity contribution < 1.29 is 19.1 Å². The van der Waals surface area contributed by atoms with Crippen molar-refractivity contribution in [1.29, 1.82) is 0 Å². The monoisotopic (exact) mass is 365 g/mol. The van der Waals surface area contributed by atoms with E-state index in [1.54, 1.807) is 17.0 Å². The van der Waals surface area contributed by atoms with Gasteiger partial charge in [-0.3, -0.25) is 14.9 Å². The van der Waals surface area contributed by atoms with E-state index in [2.05, 4.69) is 10.6 Å². The number of nitrogens with zero attached hydrogens (tertiary/aromatic N) is 1. The van der Waals surface area contributed by atoms with E-state index in [1.165, 1.54) is 6.07 Å². The third-order valence-electron chi connectivity index (χ3n) is 4.71. The minimum atomic E-state index is -0.449. The van der Waals surface area contributed by atoms with Crippen molar-refractivity contribution in [2.24, 2.45) is 0 Å². The number of ether oxygens (including phenoxy) is 1. The first-order valence-corrected chi connectivity index (χ1v) is 8.77. The van der Waals surface area contributed by atoms with Crippen LogP contribution in [0.3, 0.4) is 0 Å². The van der Waals surface area contributed by atoms with E-state index in [1.807, 2.05) is 37.3 Å². The molecule has 2 aromatic rings. The number of morpholine rings is 1. The number of amides is 4. The maximum atomic E-state index is 12.7. The van der Waals surface area contributed by atoms with Gasteiger partial charge in [0, 0.05) is 12.2 Å². The van der Waals surface area contributed by atoms with Crippen LogP contribution in [-0.2, 0) is 4.74 Å². The Morgan fingerprint density at radius 1 is 1.07 bits per heavy atom. The molecule has 2 N–H and O–H groups in total. The predicted octanol–water partition coefficient (Wildman–Crippen LogP) is 2.56. The summed E-state index contributed by atoms with van der Waals surface area (Å²) in [6.45, 7) is 2.84. The van der Waals surface area contributed by atoms with Gasteiger partial charge in [-0.25, -0.2) is 4.79 Å². The number of benzene rings is 2. The summed E-state index contributed by atoms with van der Waals surface area (Å²) in [5, 5.41) is 5.05. The molecule has 0 aliphatic carbocycles. The quantitative estimate of drug-likeness (QED) is 0.801. The van der Waals surface area contributed by atoms with E-state index >= 15 is 0 Å². The zero-order valence-electron chi connectivity index (χ0n) is 14.8. The van der Waals surface area contributed by atoms with E-state index in [0.717, 1.165) is 5.56 Å². The minimum absolute atomic E-state index is 0.0990. The van der Waals surface area contributed by atoms with Crippen LogP contribution in [0.25, 0.3) is 0 Å². The van der Waals surface area contributed by atoms with Crippen LogP contribution in [-0.4, -0.2) is 41.9 Å². The Labute approximate surface area is 156 Å². The predicted molar refractivity (Wildman–Crippen MR) is 98.6 cm³/mol. The van der Waals surface area contributed by atoms with Crippen LogP contribution in [0.5, 0.6) is 0 Å². The molecule has 0 saturated carbocycles. The molecular formula is C20H19N3O4. The Morgan fingerprint density at radius 2 is 1.81 bits per heavy atom. The van der Waals surface area contributed by atoms with Gasteiger partial charge >= 0.3 is 6.03 Å². The van der Waals surface area contributed by atoms with Crippen molar-refractivity contribution in [3.63, 3.8) is 0 Å². The van der Waals surface area contributed by atoms with Crippen molar-refractivity contribution in [1.82, 2.24) is 10.2 Å². The summed E-state index contributed by atoms with van der Waals surface area (Å²) in [4.78, 5) is 37.8. The zero-order valence-corrected chi connectivity index (χ0v) is 14.8. The molecule has 27 heavy (non-hydrogen) atoms. The smallest absolute Gasteiger partial charge is 0.322 e. The Balaban J connectivity index is 1.49. The van der Waals surface area contributed by atoms with Crippen LogP contribution in [0.1, 0.15) is 39.3 Å². The summed E-state index contributed by atoms with van der Waals surface area (Å²) in [5.74, 6) is -0.865. The van der Waals surface area contributed by atoms with Crippen LogP contribution >= 0.6 is 0 Å². The number of carbonyl (C=O) groups is 3. The summed E-state index contributed by atoms with van der Waals surface area (Å²) < 4.78 is 5.98. The Morgan fingerprint density at radius 3 is 2.59 bits per heavy atom. The molecule has 2 aromatic carbocycles. The molecule has 2 heterocycles. The second kappa shape index (κ2) is 6.85. The van der Waals surface area contributed by atoms with Crippen molar-refractivity contribution in [2.75, 3.05) is 18.4 Å². The van der Waals surface area contributed by atoms with Crippen LogP contribution in [0.2, 0.25) is 0 Å². The molecule has 2 aliphatic rings. The molecule has 7 heteroatoms. The van der Waals surface area contributed by atoms with E-state index in [9.17, 15) is 14.4 Å². The van der Waals surface area contributed by atoms with Crippen molar-refractivity contribution >= 4 is 23.5 Å². The lowest BCUT2D eigenvalue weighted by Crippen LogP contribution is -2.47. The second-order valence-corrected chi connectivity index (χ2v) is 6.72. The first-order valence-electron chi connectivity index (χ1n) is 8.77. The van der Waals surface area contributed by atoms with Gasteiger partial charge < -0.3 is 15.0 Å². The van der Waals surface area contributed by atoms with Crippen LogP contribution in [0, 0.1) is 0 Å². The Hall–Kier alpha value is -3.19. The Bertz CT molecular complexity index is 913. The zero-order chi connectivity index (χ0) is 19.0. The van der Waals surface area contributed by atoms with Crippen molar-refractivity contribution in [3.8, 4) is 0 Å². The molecule has 138 valence electrons. The number of fused-ring (bicyclic) bond motifs is 1. The van der Waals surface area contributed by atoms with E-state index in [0.29, 0.717) is 24.3 Å². The molecule has 1 fully saturated rings. The molecule has 0 unspecified atom stereocenters. The maximum absolute atomic E-state index is 12.7. The number of carbonyl (C=O) groups excluding carboxylic acids is 3. The summed E-state index contributed by atoms with van der Waals surface area (Å²) in [6, 6.07) is 14.2. The highest BCUT2D eigenvalue weighted by Gasteiger charge is 2.30. The molecule has 2 aliphatic heterocycles. The molecule has 4 amide bonds. The van der Waals surface area contributed by atoms with Crippen LogP contribution in [0.4, 0.5) is 10.5 Å². The maximum Gasteiger partial charge on any atom is 0.322 e. The second-order valence-electron chi connectivity index (χ2n) is 6.72. The molecular weight excluding hydrogens is 346 g/mol. The molecule has 0 bridgehead atoms. The van der Waals surface area contributed by atoms with Gasteiger partial charge in [0.05, 0.1) is 23.8 Å². The lowest BCUT2D eigenvalue weighted by molar-refractivity contribution is -0.0642. The fraction of sp³-hybridized carbons (Fsp3) is 0.250. The van der Waals surface area contributed by atoms with Gasteiger partial charge in [-0.15, -0.1) is 0 Å². The van der Waals surface area contributed by atoms with Gasteiger partial charge in [-0.05, 0) is 30.7 Å². The van der Waals surface area contributed by atoms with Crippen LogP contribution < -0.4 is 10.6 Å². The third-order valence-corrected chi connectivity index (χ3v) is 4.71. The van der Waals surface area contributed by atoms with Gasteiger partial charge in [0.25, 0.3) is 11.8 Å². The average molecular weight is 365 g/mol. The minimum Gasteiger partial charge on any atom is -0.367 e. The summed E-state index contributed by atoms with van der Waals surface area (Å²) in [5.41, 5.74) is 2.09. The number of hydrogen-bond acceptors (Lipinski definition) is 4. The first kappa shape index (κ1) is 17.2. The molecule has 4 rings (SSSR count).